The molecule has 0 aliphatic rings. The molecule has 0 unspecified atom stereocenters. The molecule has 144 valence electrons. The molecule has 2 aromatic carbocycles. The maximum absolute atomic E-state index is 12.0. The Morgan fingerprint density at radius 1 is 0.857 bits per heavy atom. The molecular formula is C22H24N4O2. The summed E-state index contributed by atoms with van der Waals surface area (Å²) in [6.45, 7) is 1.15. The zero-order valence-electron chi connectivity index (χ0n) is 15.7. The topological polar surface area (TPSA) is 76.0 Å². The van der Waals surface area contributed by atoms with Gasteiger partial charge in [-0.1, -0.05) is 48.5 Å². The number of amides is 2. The standard InChI is InChI=1S/C22H24N4O2/c27-21-15-14-20(18-10-4-1-5-11-18)25-26(21)17-9-3-8-16-23-22(28)24-19-12-6-2-7-13-19/h1-2,4-7,10-15H,3,8-9,16-17H2,(H2,23,24,28). The summed E-state index contributed by atoms with van der Waals surface area (Å²) in [5.74, 6) is 0. The number of carbonyl (C=O) groups is 1. The number of urea groups is 1. The second-order valence-electron chi connectivity index (χ2n) is 6.45. The van der Waals surface area contributed by atoms with Crippen LogP contribution in [0.2, 0.25) is 0 Å². The van der Waals surface area contributed by atoms with Crippen LogP contribution in [-0.2, 0) is 6.54 Å². The monoisotopic (exact) mass is 376 g/mol. The molecule has 0 saturated carbocycles. The molecule has 3 aromatic rings. The fourth-order valence-electron chi connectivity index (χ4n) is 2.83. The lowest BCUT2D eigenvalue weighted by Crippen LogP contribution is -2.29. The highest BCUT2D eigenvalue weighted by atomic mass is 16.2. The number of aryl methyl sites for hydroxylation is 1. The van der Waals surface area contributed by atoms with Crippen molar-refractivity contribution in [2.75, 3.05) is 11.9 Å². The van der Waals surface area contributed by atoms with Gasteiger partial charge in [0, 0.05) is 30.4 Å². The lowest BCUT2D eigenvalue weighted by atomic mass is 10.1. The van der Waals surface area contributed by atoms with Crippen LogP contribution in [0.3, 0.4) is 0 Å². The van der Waals surface area contributed by atoms with Gasteiger partial charge in [-0.15, -0.1) is 0 Å². The van der Waals surface area contributed by atoms with E-state index in [0.29, 0.717) is 13.1 Å². The Morgan fingerprint density at radius 2 is 1.57 bits per heavy atom. The fraction of sp³-hybridized carbons (Fsp3) is 0.227. The lowest BCUT2D eigenvalue weighted by Gasteiger charge is -2.08. The Morgan fingerprint density at radius 3 is 2.32 bits per heavy atom. The molecule has 0 atom stereocenters. The van der Waals surface area contributed by atoms with Gasteiger partial charge < -0.3 is 10.6 Å². The second kappa shape index (κ2) is 10.1. The molecule has 0 radical (unpaired) electrons. The molecule has 6 heteroatoms. The van der Waals surface area contributed by atoms with Gasteiger partial charge in [-0.2, -0.15) is 5.10 Å². The molecule has 0 spiro atoms. The first-order chi connectivity index (χ1) is 13.7. The maximum atomic E-state index is 12.0. The summed E-state index contributed by atoms with van der Waals surface area (Å²) in [7, 11) is 0. The van der Waals surface area contributed by atoms with E-state index >= 15 is 0 Å². The van der Waals surface area contributed by atoms with Crippen LogP contribution in [0.5, 0.6) is 0 Å². The average Bonchev–Trinajstić information content (AvgIpc) is 2.73. The molecule has 2 N–H and O–H groups in total. The number of rotatable bonds is 8. The van der Waals surface area contributed by atoms with E-state index < -0.39 is 0 Å². The van der Waals surface area contributed by atoms with Crippen molar-refractivity contribution in [1.29, 1.82) is 0 Å². The summed E-state index contributed by atoms with van der Waals surface area (Å²) in [5.41, 5.74) is 2.45. The summed E-state index contributed by atoms with van der Waals surface area (Å²) >= 11 is 0. The van der Waals surface area contributed by atoms with Gasteiger partial charge in [-0.05, 0) is 37.5 Å². The van der Waals surface area contributed by atoms with Crippen molar-refractivity contribution in [3.8, 4) is 11.3 Å². The van der Waals surface area contributed by atoms with Crippen molar-refractivity contribution in [3.05, 3.63) is 83.2 Å². The maximum Gasteiger partial charge on any atom is 0.319 e. The van der Waals surface area contributed by atoms with Gasteiger partial charge in [0.05, 0.1) is 5.69 Å². The van der Waals surface area contributed by atoms with Crippen molar-refractivity contribution in [2.45, 2.75) is 25.8 Å². The Bertz CT molecular complexity index is 940. The average molecular weight is 376 g/mol. The van der Waals surface area contributed by atoms with E-state index in [1.165, 1.54) is 4.68 Å². The number of hydrogen-bond acceptors (Lipinski definition) is 3. The van der Waals surface area contributed by atoms with Gasteiger partial charge in [0.25, 0.3) is 5.56 Å². The molecule has 0 aliphatic carbocycles. The van der Waals surface area contributed by atoms with E-state index in [4.69, 9.17) is 0 Å². The Labute approximate surface area is 164 Å². The third-order valence-corrected chi connectivity index (χ3v) is 4.30. The molecule has 0 fully saturated rings. The number of hydrogen-bond donors (Lipinski definition) is 2. The number of carbonyl (C=O) groups excluding carboxylic acids is 1. The fourth-order valence-corrected chi connectivity index (χ4v) is 2.83. The van der Waals surface area contributed by atoms with Crippen LogP contribution < -0.4 is 16.2 Å². The largest absolute Gasteiger partial charge is 0.338 e. The first-order valence-corrected chi connectivity index (χ1v) is 9.46. The van der Waals surface area contributed by atoms with Crippen LogP contribution in [0.4, 0.5) is 10.5 Å². The number of para-hydroxylation sites is 1. The lowest BCUT2D eigenvalue weighted by molar-refractivity contribution is 0.252. The van der Waals surface area contributed by atoms with Crippen LogP contribution in [0, 0.1) is 0 Å². The van der Waals surface area contributed by atoms with Crippen LogP contribution >= 0.6 is 0 Å². The SMILES string of the molecule is O=C(NCCCCCn1nc(-c2ccccc2)ccc1=O)Nc1ccccc1. The zero-order valence-corrected chi connectivity index (χ0v) is 15.7. The summed E-state index contributed by atoms with van der Waals surface area (Å²) in [4.78, 5) is 23.8. The molecule has 2 amide bonds. The third kappa shape index (κ3) is 5.81. The van der Waals surface area contributed by atoms with Crippen molar-refractivity contribution in [1.82, 2.24) is 15.1 Å². The molecular weight excluding hydrogens is 352 g/mol. The van der Waals surface area contributed by atoms with E-state index in [1.807, 2.05) is 60.7 Å². The molecule has 0 bridgehead atoms. The van der Waals surface area contributed by atoms with E-state index in [9.17, 15) is 9.59 Å². The molecule has 3 rings (SSSR count). The summed E-state index contributed by atoms with van der Waals surface area (Å²) in [6, 6.07) is 22.2. The molecule has 1 heterocycles. The summed E-state index contributed by atoms with van der Waals surface area (Å²) < 4.78 is 1.51. The quantitative estimate of drug-likeness (QED) is 0.586. The molecule has 0 aliphatic heterocycles. The smallest absolute Gasteiger partial charge is 0.319 e. The Balaban J connectivity index is 1.39. The van der Waals surface area contributed by atoms with Crippen molar-refractivity contribution < 1.29 is 4.79 Å². The first-order valence-electron chi connectivity index (χ1n) is 9.46. The first kappa shape index (κ1) is 19.4. The van der Waals surface area contributed by atoms with Crippen LogP contribution in [0.15, 0.2) is 77.6 Å². The Kier molecular flexibility index (Phi) is 6.95. The van der Waals surface area contributed by atoms with Gasteiger partial charge in [-0.3, -0.25) is 4.79 Å². The Hall–Kier alpha value is -3.41. The molecule has 28 heavy (non-hydrogen) atoms. The van der Waals surface area contributed by atoms with E-state index in [-0.39, 0.29) is 11.6 Å². The predicted molar refractivity (Wildman–Crippen MR) is 111 cm³/mol. The second-order valence-corrected chi connectivity index (χ2v) is 6.45. The summed E-state index contributed by atoms with van der Waals surface area (Å²) in [5, 5.41) is 10.1. The van der Waals surface area contributed by atoms with Crippen LogP contribution in [-0.4, -0.2) is 22.4 Å². The zero-order chi connectivity index (χ0) is 19.6. The van der Waals surface area contributed by atoms with Gasteiger partial charge >= 0.3 is 6.03 Å². The number of nitrogens with zero attached hydrogens (tertiary/aromatic N) is 2. The van der Waals surface area contributed by atoms with Gasteiger partial charge in [-0.25, -0.2) is 9.48 Å². The van der Waals surface area contributed by atoms with Crippen LogP contribution in [0.25, 0.3) is 11.3 Å². The molecule has 1 aromatic heterocycles. The minimum absolute atomic E-state index is 0.0972. The third-order valence-electron chi connectivity index (χ3n) is 4.30. The predicted octanol–water partition coefficient (Wildman–Crippen LogP) is 3.90. The molecule has 0 saturated heterocycles. The highest BCUT2D eigenvalue weighted by Crippen LogP contribution is 2.14. The van der Waals surface area contributed by atoms with Crippen molar-refractivity contribution in [2.24, 2.45) is 0 Å². The van der Waals surface area contributed by atoms with E-state index in [0.717, 1.165) is 36.2 Å². The number of anilines is 1. The molecule has 6 nitrogen and oxygen atoms in total. The number of nitrogens with one attached hydrogen (secondary N) is 2. The van der Waals surface area contributed by atoms with E-state index in [1.54, 1.807) is 12.1 Å². The number of unbranched alkanes of at least 4 members (excludes halogenated alkanes) is 2. The van der Waals surface area contributed by atoms with Gasteiger partial charge in [0.2, 0.25) is 0 Å². The van der Waals surface area contributed by atoms with Gasteiger partial charge in [0.1, 0.15) is 0 Å². The van der Waals surface area contributed by atoms with Crippen molar-refractivity contribution >= 4 is 11.7 Å². The highest BCUT2D eigenvalue weighted by Gasteiger charge is 2.04. The van der Waals surface area contributed by atoms with E-state index in [2.05, 4.69) is 15.7 Å². The van der Waals surface area contributed by atoms with Gasteiger partial charge in [0.15, 0.2) is 0 Å². The minimum atomic E-state index is -0.209. The number of aromatic nitrogens is 2. The van der Waals surface area contributed by atoms with Crippen LogP contribution in [0.1, 0.15) is 19.3 Å². The normalized spacial score (nSPS) is 10.4. The summed E-state index contributed by atoms with van der Waals surface area (Å²) in [6.07, 6.45) is 2.57. The van der Waals surface area contributed by atoms with Crippen molar-refractivity contribution in [3.63, 3.8) is 0 Å². The number of benzene rings is 2. The minimum Gasteiger partial charge on any atom is -0.338 e. The highest BCUT2D eigenvalue weighted by molar-refractivity contribution is 5.89.